The van der Waals surface area contributed by atoms with E-state index in [-0.39, 0.29) is 5.91 Å². The maximum Gasteiger partial charge on any atom is 0.258 e. The highest BCUT2D eigenvalue weighted by molar-refractivity contribution is 6.00. The van der Waals surface area contributed by atoms with Gasteiger partial charge in [-0.3, -0.25) is 4.79 Å². The van der Waals surface area contributed by atoms with E-state index in [1.165, 1.54) is 0 Å². The average Bonchev–Trinajstić information content (AvgIpc) is 3.00. The molecule has 4 rings (SSSR count). The zero-order valence-corrected chi connectivity index (χ0v) is 15.2. The van der Waals surface area contributed by atoms with E-state index in [1.54, 1.807) is 13.1 Å². The maximum absolute atomic E-state index is 13.2. The van der Waals surface area contributed by atoms with Crippen LogP contribution in [0, 0.1) is 6.92 Å². The normalized spacial score (nSPS) is 14.9. The Hall–Kier alpha value is -3.22. The molecule has 0 bridgehead atoms. The Morgan fingerprint density at radius 3 is 2.67 bits per heavy atom. The molecule has 1 aliphatic rings. The standard InChI is InChI=1S/C20H21N5O2/c1-15-22-19(27-23-15)16-7-2-3-8-17(16)20(26)25-12-6-11-24(13-14-25)18-9-4-5-10-21-18/h2-5,7-10H,6,11-14H2,1H3. The first-order valence-electron chi connectivity index (χ1n) is 9.07. The van der Waals surface area contributed by atoms with Crippen LogP contribution in [0.25, 0.3) is 11.5 Å². The van der Waals surface area contributed by atoms with E-state index in [9.17, 15) is 4.79 Å². The third-order valence-electron chi connectivity index (χ3n) is 4.67. The number of anilines is 1. The summed E-state index contributed by atoms with van der Waals surface area (Å²) in [5.41, 5.74) is 1.27. The zero-order chi connectivity index (χ0) is 18.6. The number of benzene rings is 1. The van der Waals surface area contributed by atoms with Gasteiger partial charge in [-0.15, -0.1) is 0 Å². The first-order chi connectivity index (χ1) is 13.2. The van der Waals surface area contributed by atoms with Crippen LogP contribution in [-0.2, 0) is 0 Å². The van der Waals surface area contributed by atoms with E-state index in [2.05, 4.69) is 20.0 Å². The van der Waals surface area contributed by atoms with Gasteiger partial charge in [0.05, 0.1) is 11.1 Å². The summed E-state index contributed by atoms with van der Waals surface area (Å²) in [7, 11) is 0. The molecule has 0 radical (unpaired) electrons. The van der Waals surface area contributed by atoms with Crippen LogP contribution in [0.3, 0.4) is 0 Å². The van der Waals surface area contributed by atoms with Gasteiger partial charge in [0, 0.05) is 32.4 Å². The van der Waals surface area contributed by atoms with Gasteiger partial charge in [-0.05, 0) is 37.6 Å². The van der Waals surface area contributed by atoms with E-state index in [0.29, 0.717) is 35.9 Å². The van der Waals surface area contributed by atoms with Crippen molar-refractivity contribution in [2.75, 3.05) is 31.1 Å². The molecule has 1 fully saturated rings. The minimum absolute atomic E-state index is 0.00989. The van der Waals surface area contributed by atoms with Crippen LogP contribution in [-0.4, -0.2) is 52.1 Å². The van der Waals surface area contributed by atoms with Gasteiger partial charge < -0.3 is 14.3 Å². The fourth-order valence-electron chi connectivity index (χ4n) is 3.32. The van der Waals surface area contributed by atoms with Crippen molar-refractivity contribution in [3.05, 3.63) is 60.0 Å². The van der Waals surface area contributed by atoms with Gasteiger partial charge in [0.25, 0.3) is 11.8 Å². The van der Waals surface area contributed by atoms with Gasteiger partial charge in [-0.2, -0.15) is 4.98 Å². The molecule has 1 aliphatic heterocycles. The lowest BCUT2D eigenvalue weighted by atomic mass is 10.1. The molecule has 0 N–H and O–H groups in total. The van der Waals surface area contributed by atoms with Crippen molar-refractivity contribution in [1.29, 1.82) is 0 Å². The lowest BCUT2D eigenvalue weighted by Gasteiger charge is -2.23. The van der Waals surface area contributed by atoms with Crippen LogP contribution < -0.4 is 4.90 Å². The van der Waals surface area contributed by atoms with Crippen molar-refractivity contribution in [3.63, 3.8) is 0 Å². The van der Waals surface area contributed by atoms with Gasteiger partial charge in [0.1, 0.15) is 5.82 Å². The quantitative estimate of drug-likeness (QED) is 0.712. The highest BCUT2D eigenvalue weighted by Gasteiger charge is 2.24. The SMILES string of the molecule is Cc1noc(-c2ccccc2C(=O)N2CCCN(c3ccccn3)CC2)n1. The number of carbonyl (C=O) groups excluding carboxylic acids is 1. The first-order valence-corrected chi connectivity index (χ1v) is 9.07. The number of rotatable bonds is 3. The molecule has 1 aromatic carbocycles. The minimum atomic E-state index is -0.00989. The number of hydrogen-bond acceptors (Lipinski definition) is 6. The van der Waals surface area contributed by atoms with E-state index in [1.807, 2.05) is 47.4 Å². The first kappa shape index (κ1) is 17.2. The Kier molecular flexibility index (Phi) is 4.82. The summed E-state index contributed by atoms with van der Waals surface area (Å²) in [6, 6.07) is 13.3. The van der Waals surface area contributed by atoms with Crippen molar-refractivity contribution in [1.82, 2.24) is 20.0 Å². The number of pyridine rings is 1. The fourth-order valence-corrected chi connectivity index (χ4v) is 3.32. The molecule has 0 aliphatic carbocycles. The van der Waals surface area contributed by atoms with Gasteiger partial charge in [-0.1, -0.05) is 23.4 Å². The monoisotopic (exact) mass is 363 g/mol. The van der Waals surface area contributed by atoms with Crippen molar-refractivity contribution in [2.24, 2.45) is 0 Å². The molecule has 3 heterocycles. The Bertz CT molecular complexity index is 925. The maximum atomic E-state index is 13.2. The molecule has 1 amide bonds. The molecule has 0 spiro atoms. The third kappa shape index (κ3) is 3.67. The Balaban J connectivity index is 1.54. The number of nitrogens with zero attached hydrogens (tertiary/aromatic N) is 5. The fraction of sp³-hybridized carbons (Fsp3) is 0.300. The predicted octanol–water partition coefficient (Wildman–Crippen LogP) is 2.79. The van der Waals surface area contributed by atoms with E-state index >= 15 is 0 Å². The van der Waals surface area contributed by atoms with Crippen molar-refractivity contribution in [2.45, 2.75) is 13.3 Å². The third-order valence-corrected chi connectivity index (χ3v) is 4.67. The molecule has 1 saturated heterocycles. The average molecular weight is 363 g/mol. The summed E-state index contributed by atoms with van der Waals surface area (Å²) >= 11 is 0. The Morgan fingerprint density at radius 2 is 1.89 bits per heavy atom. The lowest BCUT2D eigenvalue weighted by molar-refractivity contribution is 0.0767. The summed E-state index contributed by atoms with van der Waals surface area (Å²) < 4.78 is 5.28. The van der Waals surface area contributed by atoms with E-state index in [4.69, 9.17) is 4.52 Å². The molecule has 7 nitrogen and oxygen atoms in total. The summed E-state index contributed by atoms with van der Waals surface area (Å²) in [5, 5.41) is 3.84. The molecule has 0 unspecified atom stereocenters. The molecular formula is C20H21N5O2. The second kappa shape index (κ2) is 7.57. The number of aromatic nitrogens is 3. The second-order valence-electron chi connectivity index (χ2n) is 6.51. The number of amides is 1. The van der Waals surface area contributed by atoms with Crippen LogP contribution in [0.15, 0.2) is 53.2 Å². The summed E-state index contributed by atoms with van der Waals surface area (Å²) in [5.74, 6) is 1.87. The molecule has 2 aromatic heterocycles. The van der Waals surface area contributed by atoms with Crippen LogP contribution in [0.2, 0.25) is 0 Å². The molecule has 7 heteroatoms. The Morgan fingerprint density at radius 1 is 1.04 bits per heavy atom. The summed E-state index contributed by atoms with van der Waals surface area (Å²) in [4.78, 5) is 26.0. The van der Waals surface area contributed by atoms with Crippen LogP contribution >= 0.6 is 0 Å². The highest BCUT2D eigenvalue weighted by Crippen LogP contribution is 2.24. The summed E-state index contributed by atoms with van der Waals surface area (Å²) in [6.07, 6.45) is 2.69. The van der Waals surface area contributed by atoms with Gasteiger partial charge in [0.15, 0.2) is 5.82 Å². The second-order valence-corrected chi connectivity index (χ2v) is 6.51. The van der Waals surface area contributed by atoms with E-state index in [0.717, 1.165) is 25.3 Å². The minimum Gasteiger partial charge on any atom is -0.355 e. The topological polar surface area (TPSA) is 75.4 Å². The van der Waals surface area contributed by atoms with E-state index < -0.39 is 0 Å². The van der Waals surface area contributed by atoms with Gasteiger partial charge in [-0.25, -0.2) is 4.98 Å². The zero-order valence-electron chi connectivity index (χ0n) is 15.2. The molecular weight excluding hydrogens is 342 g/mol. The van der Waals surface area contributed by atoms with Crippen molar-refractivity contribution < 1.29 is 9.32 Å². The van der Waals surface area contributed by atoms with Crippen LogP contribution in [0.1, 0.15) is 22.6 Å². The number of hydrogen-bond donors (Lipinski definition) is 0. The largest absolute Gasteiger partial charge is 0.355 e. The lowest BCUT2D eigenvalue weighted by Crippen LogP contribution is -2.35. The molecule has 0 atom stereocenters. The number of carbonyl (C=O) groups is 1. The Labute approximate surface area is 157 Å². The van der Waals surface area contributed by atoms with Gasteiger partial charge in [0.2, 0.25) is 0 Å². The molecule has 138 valence electrons. The number of aryl methyl sites for hydroxylation is 1. The van der Waals surface area contributed by atoms with Crippen molar-refractivity contribution in [3.8, 4) is 11.5 Å². The smallest absolute Gasteiger partial charge is 0.258 e. The van der Waals surface area contributed by atoms with Crippen LogP contribution in [0.5, 0.6) is 0 Å². The molecule has 0 saturated carbocycles. The molecule has 27 heavy (non-hydrogen) atoms. The predicted molar refractivity (Wildman–Crippen MR) is 101 cm³/mol. The summed E-state index contributed by atoms with van der Waals surface area (Å²) in [6.45, 7) is 4.75. The van der Waals surface area contributed by atoms with Crippen molar-refractivity contribution >= 4 is 11.7 Å². The molecule has 3 aromatic rings. The highest BCUT2D eigenvalue weighted by atomic mass is 16.5. The van der Waals surface area contributed by atoms with Gasteiger partial charge >= 0.3 is 0 Å². The van der Waals surface area contributed by atoms with Crippen LogP contribution in [0.4, 0.5) is 5.82 Å².